The minimum absolute atomic E-state index is 0.00627. The van der Waals surface area contributed by atoms with E-state index < -0.39 is 0 Å². The Kier molecular flexibility index (Phi) is 5.84. The summed E-state index contributed by atoms with van der Waals surface area (Å²) < 4.78 is 0. The molecular weight excluding hydrogens is 350 g/mol. The summed E-state index contributed by atoms with van der Waals surface area (Å²) in [5.74, 6) is 0.761. The molecule has 5 nitrogen and oxygen atoms in total. The van der Waals surface area contributed by atoms with Gasteiger partial charge in [-0.1, -0.05) is 38.1 Å². The van der Waals surface area contributed by atoms with E-state index in [0.717, 1.165) is 11.4 Å². The minimum atomic E-state index is -0.208. The van der Waals surface area contributed by atoms with Crippen LogP contribution in [0.25, 0.3) is 0 Å². The number of carbonyl (C=O) groups excluding carboxylic acids is 2. The van der Waals surface area contributed by atoms with E-state index in [0.29, 0.717) is 22.9 Å². The predicted octanol–water partition coefficient (Wildman–Crippen LogP) is 5.40. The van der Waals surface area contributed by atoms with Crippen molar-refractivity contribution in [2.75, 3.05) is 10.6 Å². The number of nitrogens with one attached hydrogen (secondary N) is 2. The number of anilines is 3. The summed E-state index contributed by atoms with van der Waals surface area (Å²) in [4.78, 5) is 28.4. The highest BCUT2D eigenvalue weighted by Gasteiger charge is 2.09. The third-order valence-electron chi connectivity index (χ3n) is 4.40. The molecule has 1 heterocycles. The number of benzene rings is 2. The zero-order valence-electron chi connectivity index (χ0n) is 16.2. The summed E-state index contributed by atoms with van der Waals surface area (Å²) in [7, 11) is 0. The van der Waals surface area contributed by atoms with Gasteiger partial charge in [-0.2, -0.15) is 0 Å². The fourth-order valence-electron chi connectivity index (χ4n) is 2.76. The van der Waals surface area contributed by atoms with Crippen molar-refractivity contribution in [1.82, 2.24) is 4.98 Å². The fourth-order valence-corrected chi connectivity index (χ4v) is 2.76. The van der Waals surface area contributed by atoms with Gasteiger partial charge in [0.05, 0.1) is 0 Å². The van der Waals surface area contributed by atoms with E-state index in [4.69, 9.17) is 0 Å². The number of hydrogen-bond acceptors (Lipinski definition) is 4. The Morgan fingerprint density at radius 3 is 2.32 bits per heavy atom. The van der Waals surface area contributed by atoms with Gasteiger partial charge >= 0.3 is 0 Å². The minimum Gasteiger partial charge on any atom is -0.340 e. The van der Waals surface area contributed by atoms with Crippen molar-refractivity contribution < 1.29 is 9.59 Å². The first-order chi connectivity index (χ1) is 13.4. The van der Waals surface area contributed by atoms with Crippen LogP contribution in [0.1, 0.15) is 53.0 Å². The van der Waals surface area contributed by atoms with Crippen molar-refractivity contribution in [2.45, 2.75) is 26.7 Å². The molecule has 0 bridgehead atoms. The number of amides is 1. The molecule has 1 amide bonds. The van der Waals surface area contributed by atoms with Gasteiger partial charge < -0.3 is 10.6 Å². The third-order valence-corrected chi connectivity index (χ3v) is 4.40. The first kappa shape index (κ1) is 19.3. The lowest BCUT2D eigenvalue weighted by Crippen LogP contribution is -2.12. The number of nitrogens with zero attached hydrogens (tertiary/aromatic N) is 1. The lowest BCUT2D eigenvalue weighted by Gasteiger charge is -2.10. The van der Waals surface area contributed by atoms with Crippen molar-refractivity contribution >= 4 is 28.9 Å². The van der Waals surface area contributed by atoms with Crippen LogP contribution in [0.5, 0.6) is 0 Å². The quantitative estimate of drug-likeness (QED) is 0.567. The molecule has 28 heavy (non-hydrogen) atoms. The van der Waals surface area contributed by atoms with E-state index in [1.165, 1.54) is 12.5 Å². The van der Waals surface area contributed by atoms with E-state index in [1.54, 1.807) is 36.5 Å². The molecule has 3 rings (SSSR count). The van der Waals surface area contributed by atoms with Gasteiger partial charge in [0.2, 0.25) is 0 Å². The maximum Gasteiger partial charge on any atom is 0.255 e. The van der Waals surface area contributed by atoms with Gasteiger partial charge in [0.15, 0.2) is 5.78 Å². The van der Waals surface area contributed by atoms with Crippen molar-refractivity contribution in [3.05, 3.63) is 83.6 Å². The summed E-state index contributed by atoms with van der Waals surface area (Å²) in [6.07, 6.45) is 1.58. The first-order valence-corrected chi connectivity index (χ1v) is 9.18. The molecule has 0 aliphatic carbocycles. The first-order valence-electron chi connectivity index (χ1n) is 9.18. The zero-order valence-corrected chi connectivity index (χ0v) is 16.2. The molecule has 0 fully saturated rings. The molecule has 0 saturated heterocycles. The molecule has 0 aliphatic heterocycles. The highest BCUT2D eigenvalue weighted by molar-refractivity contribution is 6.04. The summed E-state index contributed by atoms with van der Waals surface area (Å²) >= 11 is 0. The van der Waals surface area contributed by atoms with Crippen LogP contribution < -0.4 is 10.6 Å². The second-order valence-corrected chi connectivity index (χ2v) is 6.92. The number of Topliss-reactive ketones (excluding diaryl/α,β-unsaturated/α-hetero) is 1. The molecule has 0 saturated carbocycles. The van der Waals surface area contributed by atoms with E-state index in [1.807, 2.05) is 30.3 Å². The predicted molar refractivity (Wildman–Crippen MR) is 112 cm³/mol. The van der Waals surface area contributed by atoms with Crippen LogP contribution in [0.2, 0.25) is 0 Å². The number of carbonyl (C=O) groups is 2. The van der Waals surface area contributed by atoms with Gasteiger partial charge in [-0.15, -0.1) is 0 Å². The Bertz CT molecular complexity index is 995. The van der Waals surface area contributed by atoms with Crippen LogP contribution in [0, 0.1) is 0 Å². The maximum absolute atomic E-state index is 12.6. The highest BCUT2D eigenvalue weighted by Crippen LogP contribution is 2.20. The highest BCUT2D eigenvalue weighted by atomic mass is 16.1. The monoisotopic (exact) mass is 373 g/mol. The van der Waals surface area contributed by atoms with E-state index in [9.17, 15) is 9.59 Å². The Labute approximate surface area is 164 Å². The molecule has 2 N–H and O–H groups in total. The number of aromatic nitrogens is 1. The molecule has 3 aromatic rings. The SMILES string of the molecule is CC(=O)c1cccc(Nc2cc(C(=O)Nc3ccc(C(C)C)cc3)ccn2)c1. The molecule has 2 aromatic carbocycles. The van der Waals surface area contributed by atoms with Gasteiger partial charge in [0.25, 0.3) is 5.91 Å². The van der Waals surface area contributed by atoms with E-state index in [2.05, 4.69) is 29.5 Å². The smallest absolute Gasteiger partial charge is 0.255 e. The molecule has 142 valence electrons. The van der Waals surface area contributed by atoms with Gasteiger partial charge in [-0.25, -0.2) is 4.98 Å². The number of hydrogen-bond donors (Lipinski definition) is 2. The molecule has 0 aliphatic rings. The fraction of sp³-hybridized carbons (Fsp3) is 0.174. The summed E-state index contributed by atoms with van der Waals surface area (Å²) in [5.41, 5.74) is 3.81. The molecule has 0 atom stereocenters. The van der Waals surface area contributed by atoms with Crippen molar-refractivity contribution in [1.29, 1.82) is 0 Å². The third kappa shape index (κ3) is 4.82. The number of ketones is 1. The molecule has 0 unspecified atom stereocenters. The van der Waals surface area contributed by atoms with Crippen LogP contribution in [-0.4, -0.2) is 16.7 Å². The van der Waals surface area contributed by atoms with Crippen LogP contribution in [0.3, 0.4) is 0 Å². The van der Waals surface area contributed by atoms with Crippen LogP contribution in [0.4, 0.5) is 17.2 Å². The Morgan fingerprint density at radius 2 is 1.64 bits per heavy atom. The van der Waals surface area contributed by atoms with Crippen LogP contribution in [0.15, 0.2) is 66.9 Å². The lowest BCUT2D eigenvalue weighted by atomic mass is 10.0. The topological polar surface area (TPSA) is 71.1 Å². The molecule has 0 radical (unpaired) electrons. The lowest BCUT2D eigenvalue weighted by molar-refractivity contribution is 0.101. The maximum atomic E-state index is 12.6. The Morgan fingerprint density at radius 1 is 0.893 bits per heavy atom. The Hall–Kier alpha value is -3.47. The van der Waals surface area contributed by atoms with Crippen LogP contribution >= 0.6 is 0 Å². The molecule has 5 heteroatoms. The van der Waals surface area contributed by atoms with Crippen molar-refractivity contribution in [3.63, 3.8) is 0 Å². The van der Waals surface area contributed by atoms with Gasteiger partial charge in [0, 0.05) is 28.7 Å². The largest absolute Gasteiger partial charge is 0.340 e. The van der Waals surface area contributed by atoms with Crippen molar-refractivity contribution in [3.8, 4) is 0 Å². The molecule has 1 aromatic heterocycles. The zero-order chi connectivity index (χ0) is 20.1. The normalized spacial score (nSPS) is 10.6. The van der Waals surface area contributed by atoms with Gasteiger partial charge in [-0.3, -0.25) is 9.59 Å². The van der Waals surface area contributed by atoms with E-state index in [-0.39, 0.29) is 11.7 Å². The van der Waals surface area contributed by atoms with Crippen molar-refractivity contribution in [2.24, 2.45) is 0 Å². The van der Waals surface area contributed by atoms with Gasteiger partial charge in [-0.05, 0) is 54.8 Å². The second kappa shape index (κ2) is 8.48. The average Bonchev–Trinajstić information content (AvgIpc) is 2.69. The van der Waals surface area contributed by atoms with Crippen LogP contribution in [-0.2, 0) is 0 Å². The summed E-state index contributed by atoms with van der Waals surface area (Å²) in [5, 5.41) is 6.04. The second-order valence-electron chi connectivity index (χ2n) is 6.92. The average molecular weight is 373 g/mol. The Balaban J connectivity index is 1.72. The molecular formula is C23H23N3O2. The standard InChI is InChI=1S/C23H23N3O2/c1-15(2)17-7-9-20(10-8-17)26-23(28)19-11-12-24-22(14-19)25-21-6-4-5-18(13-21)16(3)27/h4-15H,1-3H3,(H,24,25)(H,26,28). The number of pyridine rings is 1. The van der Waals surface area contributed by atoms with Gasteiger partial charge in [0.1, 0.15) is 5.82 Å². The number of rotatable bonds is 6. The summed E-state index contributed by atoms with van der Waals surface area (Å²) in [6, 6.07) is 18.3. The molecule has 0 spiro atoms. The summed E-state index contributed by atoms with van der Waals surface area (Å²) in [6.45, 7) is 5.78. The van der Waals surface area contributed by atoms with E-state index >= 15 is 0 Å².